The van der Waals surface area contributed by atoms with Gasteiger partial charge >= 0.3 is 0 Å². The van der Waals surface area contributed by atoms with Gasteiger partial charge in [0.15, 0.2) is 11.5 Å². The largest absolute Gasteiger partial charge is 0.440 e. The Kier molecular flexibility index (Phi) is 3.16. The standard InChI is InChI=1S/C18H24N2O/c1-11-4-3-5-15(12(11)2)19-14-8-9-17-16(10-14)20-18(21-17)13-6-7-13/h8-13,15,19H,3-7H2,1-2H3. The van der Waals surface area contributed by atoms with E-state index in [1.165, 1.54) is 37.8 Å². The van der Waals surface area contributed by atoms with Crippen molar-refractivity contribution in [1.82, 2.24) is 4.98 Å². The second-order valence-electron chi connectivity index (χ2n) is 7.03. The highest BCUT2D eigenvalue weighted by Crippen LogP contribution is 2.41. The van der Waals surface area contributed by atoms with Gasteiger partial charge in [0.25, 0.3) is 0 Å². The number of oxazole rings is 1. The van der Waals surface area contributed by atoms with Gasteiger partial charge in [0, 0.05) is 17.6 Å². The van der Waals surface area contributed by atoms with Gasteiger partial charge < -0.3 is 9.73 Å². The Balaban J connectivity index is 1.55. The number of nitrogens with zero attached hydrogens (tertiary/aromatic N) is 1. The van der Waals surface area contributed by atoms with Crippen molar-refractivity contribution in [3.8, 4) is 0 Å². The van der Waals surface area contributed by atoms with Crippen LogP contribution in [-0.2, 0) is 0 Å². The van der Waals surface area contributed by atoms with E-state index in [0.29, 0.717) is 12.0 Å². The van der Waals surface area contributed by atoms with Gasteiger partial charge in [-0.05, 0) is 49.3 Å². The van der Waals surface area contributed by atoms with Gasteiger partial charge in [0.05, 0.1) is 0 Å². The molecule has 0 spiro atoms. The summed E-state index contributed by atoms with van der Waals surface area (Å²) in [6.45, 7) is 4.75. The topological polar surface area (TPSA) is 38.1 Å². The van der Waals surface area contributed by atoms with Crippen LogP contribution in [0.15, 0.2) is 22.6 Å². The molecule has 3 heteroatoms. The normalized spacial score (nSPS) is 29.7. The van der Waals surface area contributed by atoms with E-state index in [9.17, 15) is 0 Å². The van der Waals surface area contributed by atoms with Crippen LogP contribution < -0.4 is 5.32 Å². The fourth-order valence-electron chi connectivity index (χ4n) is 3.54. The SMILES string of the molecule is CC1CCCC(Nc2ccc3oc(C4CC4)nc3c2)C1C. The molecule has 3 unspecified atom stereocenters. The van der Waals surface area contributed by atoms with E-state index < -0.39 is 0 Å². The number of rotatable bonds is 3. The fourth-order valence-corrected chi connectivity index (χ4v) is 3.54. The van der Waals surface area contributed by atoms with Gasteiger partial charge in [-0.2, -0.15) is 0 Å². The minimum absolute atomic E-state index is 0.577. The monoisotopic (exact) mass is 284 g/mol. The molecule has 2 aromatic rings. The molecule has 3 nitrogen and oxygen atoms in total. The Hall–Kier alpha value is -1.51. The van der Waals surface area contributed by atoms with Crippen LogP contribution in [0.5, 0.6) is 0 Å². The lowest BCUT2D eigenvalue weighted by atomic mass is 9.78. The second-order valence-corrected chi connectivity index (χ2v) is 7.03. The zero-order valence-electron chi connectivity index (χ0n) is 12.9. The fraction of sp³-hybridized carbons (Fsp3) is 0.611. The number of hydrogen-bond donors (Lipinski definition) is 1. The van der Waals surface area contributed by atoms with Crippen molar-refractivity contribution in [3.05, 3.63) is 24.1 Å². The summed E-state index contributed by atoms with van der Waals surface area (Å²) in [6.07, 6.45) is 6.44. The van der Waals surface area contributed by atoms with Crippen molar-refractivity contribution in [3.63, 3.8) is 0 Å². The van der Waals surface area contributed by atoms with Crippen LogP contribution in [0.25, 0.3) is 11.1 Å². The van der Waals surface area contributed by atoms with Crippen LogP contribution in [0.3, 0.4) is 0 Å². The van der Waals surface area contributed by atoms with Crippen LogP contribution in [-0.4, -0.2) is 11.0 Å². The lowest BCUT2D eigenvalue weighted by Crippen LogP contribution is -2.34. The van der Waals surface area contributed by atoms with Crippen molar-refractivity contribution in [1.29, 1.82) is 0 Å². The highest BCUT2D eigenvalue weighted by atomic mass is 16.3. The average molecular weight is 284 g/mol. The molecule has 0 bridgehead atoms. The average Bonchev–Trinajstić information content (AvgIpc) is 3.24. The summed E-state index contributed by atoms with van der Waals surface area (Å²) in [5.74, 6) is 3.05. The van der Waals surface area contributed by atoms with Crippen LogP contribution in [0.4, 0.5) is 5.69 Å². The molecule has 112 valence electrons. The predicted octanol–water partition coefficient (Wildman–Crippen LogP) is 4.94. The first-order valence-electron chi connectivity index (χ1n) is 8.38. The highest BCUT2D eigenvalue weighted by molar-refractivity contribution is 5.77. The molecule has 3 atom stereocenters. The summed E-state index contributed by atoms with van der Waals surface area (Å²) in [5.41, 5.74) is 3.11. The Labute approximate surface area is 126 Å². The van der Waals surface area contributed by atoms with Gasteiger partial charge in [0.1, 0.15) is 5.52 Å². The van der Waals surface area contributed by atoms with E-state index in [-0.39, 0.29) is 0 Å². The van der Waals surface area contributed by atoms with E-state index in [1.807, 2.05) is 0 Å². The van der Waals surface area contributed by atoms with Crippen molar-refractivity contribution < 1.29 is 4.42 Å². The third-order valence-electron chi connectivity index (χ3n) is 5.39. The molecule has 0 saturated heterocycles. The predicted molar refractivity (Wildman–Crippen MR) is 85.6 cm³/mol. The van der Waals surface area contributed by atoms with Gasteiger partial charge in [-0.15, -0.1) is 0 Å². The molecule has 2 aliphatic rings. The Bertz CT molecular complexity index is 644. The lowest BCUT2D eigenvalue weighted by molar-refractivity contribution is 0.253. The third-order valence-corrected chi connectivity index (χ3v) is 5.39. The summed E-state index contributed by atoms with van der Waals surface area (Å²) in [7, 11) is 0. The molecule has 1 heterocycles. The molecular formula is C18H24N2O. The molecule has 4 rings (SSSR count). The number of nitrogens with one attached hydrogen (secondary N) is 1. The minimum Gasteiger partial charge on any atom is -0.440 e. The van der Waals surface area contributed by atoms with E-state index >= 15 is 0 Å². The van der Waals surface area contributed by atoms with Crippen molar-refractivity contribution in [2.45, 2.75) is 57.9 Å². The zero-order chi connectivity index (χ0) is 14.4. The van der Waals surface area contributed by atoms with E-state index in [2.05, 4.69) is 42.3 Å². The van der Waals surface area contributed by atoms with E-state index in [0.717, 1.165) is 28.8 Å². The van der Waals surface area contributed by atoms with Crippen LogP contribution in [0, 0.1) is 11.8 Å². The van der Waals surface area contributed by atoms with Crippen LogP contribution >= 0.6 is 0 Å². The lowest BCUT2D eigenvalue weighted by Gasteiger charge is -2.35. The van der Waals surface area contributed by atoms with Gasteiger partial charge in [-0.1, -0.05) is 26.7 Å². The molecule has 2 aliphatic carbocycles. The van der Waals surface area contributed by atoms with Gasteiger partial charge in [-0.3, -0.25) is 0 Å². The first-order valence-corrected chi connectivity index (χ1v) is 8.38. The molecule has 2 fully saturated rings. The summed E-state index contributed by atoms with van der Waals surface area (Å²) >= 11 is 0. The molecule has 0 radical (unpaired) electrons. The molecule has 21 heavy (non-hydrogen) atoms. The molecule has 2 saturated carbocycles. The number of aromatic nitrogens is 1. The zero-order valence-corrected chi connectivity index (χ0v) is 12.9. The third kappa shape index (κ3) is 2.54. The molecular weight excluding hydrogens is 260 g/mol. The van der Waals surface area contributed by atoms with E-state index in [4.69, 9.17) is 4.42 Å². The first kappa shape index (κ1) is 13.2. The molecule has 0 aliphatic heterocycles. The molecule has 1 N–H and O–H groups in total. The number of fused-ring (bicyclic) bond motifs is 1. The Morgan fingerprint density at radius 3 is 2.81 bits per heavy atom. The maximum absolute atomic E-state index is 5.84. The summed E-state index contributed by atoms with van der Waals surface area (Å²) < 4.78 is 5.84. The van der Waals surface area contributed by atoms with Gasteiger partial charge in [0.2, 0.25) is 0 Å². The van der Waals surface area contributed by atoms with Crippen LogP contribution in [0.2, 0.25) is 0 Å². The van der Waals surface area contributed by atoms with Crippen molar-refractivity contribution in [2.75, 3.05) is 5.32 Å². The summed E-state index contributed by atoms with van der Waals surface area (Å²) in [4.78, 5) is 4.66. The minimum atomic E-state index is 0.577. The number of anilines is 1. The summed E-state index contributed by atoms with van der Waals surface area (Å²) in [6, 6.07) is 6.93. The number of hydrogen-bond acceptors (Lipinski definition) is 3. The molecule has 0 amide bonds. The highest BCUT2D eigenvalue weighted by Gasteiger charge is 2.29. The smallest absolute Gasteiger partial charge is 0.198 e. The van der Waals surface area contributed by atoms with Crippen LogP contribution in [0.1, 0.15) is 57.8 Å². The summed E-state index contributed by atoms with van der Waals surface area (Å²) in [5, 5.41) is 3.73. The van der Waals surface area contributed by atoms with Crippen molar-refractivity contribution in [2.24, 2.45) is 11.8 Å². The maximum Gasteiger partial charge on any atom is 0.198 e. The van der Waals surface area contributed by atoms with Crippen molar-refractivity contribution >= 4 is 16.8 Å². The first-order chi connectivity index (χ1) is 10.2. The van der Waals surface area contributed by atoms with Gasteiger partial charge in [-0.25, -0.2) is 4.98 Å². The quantitative estimate of drug-likeness (QED) is 0.867. The molecule has 1 aromatic heterocycles. The number of benzene rings is 1. The second kappa shape index (κ2) is 5.04. The molecule has 1 aromatic carbocycles. The Morgan fingerprint density at radius 2 is 2.00 bits per heavy atom. The maximum atomic E-state index is 5.84. The Morgan fingerprint density at radius 1 is 1.14 bits per heavy atom. The van der Waals surface area contributed by atoms with E-state index in [1.54, 1.807) is 0 Å².